The van der Waals surface area contributed by atoms with Crippen molar-refractivity contribution in [2.75, 3.05) is 0 Å². The number of hydrogen-bond acceptors (Lipinski definition) is 4. The zero-order valence-electron chi connectivity index (χ0n) is 10.2. The summed E-state index contributed by atoms with van der Waals surface area (Å²) >= 11 is 0. The minimum atomic E-state index is -0.814. The highest BCUT2D eigenvalue weighted by atomic mass is 16.4. The lowest BCUT2D eigenvalue weighted by atomic mass is 9.92. The van der Waals surface area contributed by atoms with Crippen molar-refractivity contribution >= 4 is 18.4 Å². The van der Waals surface area contributed by atoms with Gasteiger partial charge in [-0.2, -0.15) is 15.3 Å². The highest BCUT2D eigenvalue weighted by molar-refractivity contribution is 5.76. The fraction of sp³-hybridized carbons (Fsp3) is 0.214. The molecule has 96 valence electrons. The predicted octanol–water partition coefficient (Wildman–Crippen LogP) is 1.62. The van der Waals surface area contributed by atoms with E-state index in [-0.39, 0.29) is 18.4 Å². The number of hydrazone groups is 2. The molecule has 0 saturated carbocycles. The van der Waals surface area contributed by atoms with Crippen LogP contribution in [-0.2, 0) is 11.2 Å². The molecule has 0 aromatic heterocycles. The molecule has 19 heavy (non-hydrogen) atoms. The quantitative estimate of drug-likeness (QED) is 0.892. The van der Waals surface area contributed by atoms with Crippen LogP contribution in [0.25, 0.3) is 0 Å². The Kier molecular flexibility index (Phi) is 2.87. The molecule has 1 N–H and O–H groups in total. The summed E-state index contributed by atoms with van der Waals surface area (Å²) in [5.74, 6) is -0.654. The minimum Gasteiger partial charge on any atom is -0.481 e. The molecular formula is C14H13N3O2. The van der Waals surface area contributed by atoms with Gasteiger partial charge in [0.25, 0.3) is 0 Å². The lowest BCUT2D eigenvalue weighted by Gasteiger charge is -2.22. The van der Waals surface area contributed by atoms with Gasteiger partial charge in [-0.3, -0.25) is 4.79 Å². The monoisotopic (exact) mass is 255 g/mol. The van der Waals surface area contributed by atoms with Crippen LogP contribution < -0.4 is 0 Å². The molecule has 0 spiro atoms. The van der Waals surface area contributed by atoms with Crippen molar-refractivity contribution in [1.29, 1.82) is 0 Å². The van der Waals surface area contributed by atoms with Gasteiger partial charge in [-0.15, -0.1) is 0 Å². The molecule has 0 saturated heterocycles. The van der Waals surface area contributed by atoms with Crippen LogP contribution in [0.2, 0.25) is 0 Å². The van der Waals surface area contributed by atoms with Crippen molar-refractivity contribution in [3.05, 3.63) is 47.5 Å². The summed E-state index contributed by atoms with van der Waals surface area (Å²) in [5, 5.41) is 18.9. The molecule has 0 bridgehead atoms. The predicted molar refractivity (Wildman–Crippen MR) is 72.3 cm³/mol. The number of nitrogens with zero attached hydrogens (tertiary/aromatic N) is 3. The Bertz CT molecular complexity index is 575. The van der Waals surface area contributed by atoms with Crippen LogP contribution in [0.15, 0.2) is 46.6 Å². The summed E-state index contributed by atoms with van der Waals surface area (Å²) in [6.07, 6.45) is 7.63. The number of rotatable bonds is 3. The molecule has 2 aliphatic rings. The van der Waals surface area contributed by atoms with Crippen molar-refractivity contribution in [2.24, 2.45) is 10.2 Å². The number of aliphatic carboxylic acids is 1. The average molecular weight is 255 g/mol. The Morgan fingerprint density at radius 3 is 2.79 bits per heavy atom. The van der Waals surface area contributed by atoms with E-state index in [1.807, 2.05) is 36.6 Å². The van der Waals surface area contributed by atoms with Crippen LogP contribution in [0.5, 0.6) is 0 Å². The van der Waals surface area contributed by atoms with E-state index >= 15 is 0 Å². The fourth-order valence-electron chi connectivity index (χ4n) is 2.34. The maximum absolute atomic E-state index is 10.6. The Morgan fingerprint density at radius 2 is 2.05 bits per heavy atom. The average Bonchev–Trinajstić information content (AvgIpc) is 2.83. The van der Waals surface area contributed by atoms with E-state index in [0.717, 1.165) is 11.1 Å². The number of benzene rings is 1. The van der Waals surface area contributed by atoms with Crippen molar-refractivity contribution in [2.45, 2.75) is 18.4 Å². The summed E-state index contributed by atoms with van der Waals surface area (Å²) in [6, 6.07) is 7.76. The van der Waals surface area contributed by atoms with Crippen molar-refractivity contribution in [1.82, 2.24) is 5.12 Å². The van der Waals surface area contributed by atoms with E-state index in [0.29, 0.717) is 0 Å². The maximum atomic E-state index is 10.6. The van der Waals surface area contributed by atoms with Gasteiger partial charge in [-0.1, -0.05) is 30.3 Å². The van der Waals surface area contributed by atoms with Gasteiger partial charge in [0.1, 0.15) is 6.04 Å². The molecule has 2 unspecified atom stereocenters. The van der Waals surface area contributed by atoms with Gasteiger partial charge in [0.15, 0.2) is 0 Å². The van der Waals surface area contributed by atoms with Gasteiger partial charge >= 0.3 is 5.97 Å². The van der Waals surface area contributed by atoms with Gasteiger partial charge in [0.2, 0.25) is 0 Å². The van der Waals surface area contributed by atoms with E-state index in [4.69, 9.17) is 5.11 Å². The first-order valence-electron chi connectivity index (χ1n) is 6.09. The molecule has 2 heterocycles. The number of carboxylic acids is 1. The van der Waals surface area contributed by atoms with Crippen LogP contribution in [0, 0.1) is 0 Å². The largest absolute Gasteiger partial charge is 0.481 e. The zero-order valence-corrected chi connectivity index (χ0v) is 10.2. The van der Waals surface area contributed by atoms with Gasteiger partial charge in [0.05, 0.1) is 6.42 Å². The third-order valence-corrected chi connectivity index (χ3v) is 3.28. The van der Waals surface area contributed by atoms with Crippen LogP contribution in [0.4, 0.5) is 0 Å². The highest BCUT2D eigenvalue weighted by Crippen LogP contribution is 2.29. The number of hydrogen-bond donors (Lipinski definition) is 1. The molecular weight excluding hydrogens is 242 g/mol. The molecule has 0 fully saturated rings. The van der Waals surface area contributed by atoms with E-state index in [9.17, 15) is 4.79 Å². The number of carboxylic acid groups (broad SMARTS) is 1. The summed E-state index contributed by atoms with van der Waals surface area (Å²) < 4.78 is 0. The lowest BCUT2D eigenvalue weighted by Crippen LogP contribution is -2.27. The Hall–Kier alpha value is -2.43. The Morgan fingerprint density at radius 1 is 1.26 bits per heavy atom. The first kappa shape index (κ1) is 11.6. The van der Waals surface area contributed by atoms with Crippen LogP contribution >= 0.6 is 0 Å². The van der Waals surface area contributed by atoms with Crippen LogP contribution in [0.1, 0.15) is 17.0 Å². The van der Waals surface area contributed by atoms with Gasteiger partial charge in [-0.05, 0) is 17.2 Å². The molecule has 0 amide bonds. The first-order valence-corrected chi connectivity index (χ1v) is 6.09. The molecule has 2 aliphatic heterocycles. The molecule has 5 heteroatoms. The zero-order chi connectivity index (χ0) is 13.2. The maximum Gasteiger partial charge on any atom is 0.307 e. The first-order chi connectivity index (χ1) is 9.24. The molecule has 3 rings (SSSR count). The van der Waals surface area contributed by atoms with Crippen LogP contribution in [-0.4, -0.2) is 34.7 Å². The second kappa shape index (κ2) is 4.68. The van der Waals surface area contributed by atoms with Gasteiger partial charge < -0.3 is 5.11 Å². The summed E-state index contributed by atoms with van der Waals surface area (Å²) in [6.45, 7) is 0. The molecule has 2 atom stereocenters. The summed E-state index contributed by atoms with van der Waals surface area (Å²) in [5.41, 5.74) is 1.92. The minimum absolute atomic E-state index is 0.0544. The van der Waals surface area contributed by atoms with Crippen LogP contribution in [0.3, 0.4) is 0 Å². The van der Waals surface area contributed by atoms with Crippen molar-refractivity contribution in [3.63, 3.8) is 0 Å². The third kappa shape index (κ3) is 2.27. The molecule has 1 aromatic rings. The van der Waals surface area contributed by atoms with E-state index in [2.05, 4.69) is 16.3 Å². The van der Waals surface area contributed by atoms with E-state index in [1.165, 1.54) is 0 Å². The third-order valence-electron chi connectivity index (χ3n) is 3.28. The Balaban J connectivity index is 1.80. The van der Waals surface area contributed by atoms with E-state index in [1.54, 1.807) is 11.3 Å². The van der Waals surface area contributed by atoms with Gasteiger partial charge in [0, 0.05) is 18.3 Å². The second-order valence-electron chi connectivity index (χ2n) is 4.56. The molecule has 0 aliphatic carbocycles. The van der Waals surface area contributed by atoms with Gasteiger partial charge in [-0.25, -0.2) is 0 Å². The normalized spacial score (nSPS) is 23.7. The van der Waals surface area contributed by atoms with Crippen molar-refractivity contribution in [3.8, 4) is 0 Å². The second-order valence-corrected chi connectivity index (χ2v) is 4.56. The number of fused-ring (bicyclic) bond motifs is 1. The summed E-state index contributed by atoms with van der Waals surface area (Å²) in [4.78, 5) is 10.6. The standard InChI is InChI=1S/C14H13N3O2/c18-14(19)8-10-3-5-11(6-4-10)12-9-16-17-13(12)2-1-7-15-17/h1-7,9,12-13H,8H2,(H,18,19). The smallest absolute Gasteiger partial charge is 0.307 e. The highest BCUT2D eigenvalue weighted by Gasteiger charge is 2.30. The Labute approximate surface area is 110 Å². The summed E-state index contributed by atoms with van der Waals surface area (Å²) in [7, 11) is 0. The molecule has 0 radical (unpaired) electrons. The van der Waals surface area contributed by atoms with Crippen molar-refractivity contribution < 1.29 is 9.90 Å². The fourth-order valence-corrected chi connectivity index (χ4v) is 2.34. The molecule has 1 aromatic carbocycles. The lowest BCUT2D eigenvalue weighted by molar-refractivity contribution is -0.136. The van der Waals surface area contributed by atoms with E-state index < -0.39 is 5.97 Å². The topological polar surface area (TPSA) is 65.3 Å². The number of allylic oxidation sites excluding steroid dienone is 1. The number of carbonyl (C=O) groups is 1. The SMILES string of the molecule is O=C(O)Cc1ccc(C2C=NN3N=CC=CC23)cc1. The molecule has 5 nitrogen and oxygen atoms in total.